The molecule has 0 spiro atoms. The van der Waals surface area contributed by atoms with Crippen molar-refractivity contribution < 1.29 is 5.11 Å². The minimum absolute atomic E-state index is 0.175. The Bertz CT molecular complexity index is 83.7. The van der Waals surface area contributed by atoms with Crippen molar-refractivity contribution in [3.05, 3.63) is 0 Å². The smallest absolute Gasteiger partial charge is 0.0524 e. The van der Waals surface area contributed by atoms with Crippen LogP contribution in [0.1, 0.15) is 34.1 Å². The van der Waals surface area contributed by atoms with Gasteiger partial charge in [-0.05, 0) is 40.7 Å². The Kier molecular flexibility index (Phi) is 3.91. The minimum atomic E-state index is -0.185. The Morgan fingerprint density at radius 1 is 1.40 bits per heavy atom. The zero-order valence-electron chi connectivity index (χ0n) is 7.44. The van der Waals surface area contributed by atoms with Gasteiger partial charge in [-0.1, -0.05) is 0 Å². The van der Waals surface area contributed by atoms with Crippen molar-refractivity contribution in [3.8, 4) is 0 Å². The quantitative estimate of drug-likeness (QED) is 0.624. The van der Waals surface area contributed by atoms with Crippen LogP contribution in [0.2, 0.25) is 0 Å². The molecule has 0 aromatic heterocycles. The van der Waals surface area contributed by atoms with E-state index in [1.165, 1.54) is 0 Å². The van der Waals surface area contributed by atoms with Crippen LogP contribution in [0.3, 0.4) is 0 Å². The molecule has 62 valence electrons. The summed E-state index contributed by atoms with van der Waals surface area (Å²) in [5.41, 5.74) is 0.175. The molecule has 2 heteroatoms. The molecule has 0 aromatic rings. The van der Waals surface area contributed by atoms with Gasteiger partial charge in [-0.25, -0.2) is 0 Å². The molecule has 0 fully saturated rings. The molecule has 0 aliphatic heterocycles. The Morgan fingerprint density at radius 3 is 2.20 bits per heavy atom. The van der Waals surface area contributed by atoms with Gasteiger partial charge in [-0.3, -0.25) is 0 Å². The predicted molar refractivity (Wildman–Crippen MR) is 44.1 cm³/mol. The zero-order chi connectivity index (χ0) is 8.20. The molecule has 10 heavy (non-hydrogen) atoms. The van der Waals surface area contributed by atoms with E-state index in [-0.39, 0.29) is 11.6 Å². The lowest BCUT2D eigenvalue weighted by Crippen LogP contribution is -2.37. The van der Waals surface area contributed by atoms with Crippen molar-refractivity contribution >= 4 is 0 Å². The third-order valence-electron chi connectivity index (χ3n) is 1.22. The van der Waals surface area contributed by atoms with Gasteiger partial charge in [0.2, 0.25) is 0 Å². The summed E-state index contributed by atoms with van der Waals surface area (Å²) in [6.07, 6.45) is 0.645. The van der Waals surface area contributed by atoms with E-state index in [0.29, 0.717) is 0 Å². The van der Waals surface area contributed by atoms with E-state index in [2.05, 4.69) is 26.1 Å². The van der Waals surface area contributed by atoms with E-state index in [1.807, 2.05) is 6.92 Å². The maximum atomic E-state index is 8.91. The highest BCUT2D eigenvalue weighted by molar-refractivity contribution is 4.70. The third kappa shape index (κ3) is 7.92. The fourth-order valence-corrected chi connectivity index (χ4v) is 0.656. The Balaban J connectivity index is 3.21. The molecule has 0 aromatic carbocycles. The summed E-state index contributed by atoms with van der Waals surface area (Å²) in [4.78, 5) is 0. The standard InChI is InChI=1S/C8H19NO/c1-7(10)5-6-9-8(2,3)4/h7,9-10H,5-6H2,1-4H3/t7-/m0/s1. The molecule has 0 saturated carbocycles. The summed E-state index contributed by atoms with van der Waals surface area (Å²) in [6.45, 7) is 9.06. The van der Waals surface area contributed by atoms with Crippen LogP contribution in [0, 0.1) is 0 Å². The van der Waals surface area contributed by atoms with Gasteiger partial charge < -0.3 is 10.4 Å². The Hall–Kier alpha value is -0.0800. The second kappa shape index (κ2) is 3.94. The largest absolute Gasteiger partial charge is 0.393 e. The molecule has 1 atom stereocenters. The van der Waals surface area contributed by atoms with Crippen LogP contribution in [-0.2, 0) is 0 Å². The summed E-state index contributed by atoms with van der Waals surface area (Å²) >= 11 is 0. The highest BCUT2D eigenvalue weighted by Crippen LogP contribution is 1.98. The summed E-state index contributed by atoms with van der Waals surface area (Å²) in [6, 6.07) is 0. The molecular weight excluding hydrogens is 126 g/mol. The third-order valence-corrected chi connectivity index (χ3v) is 1.22. The number of aliphatic hydroxyl groups is 1. The molecular formula is C8H19NO. The highest BCUT2D eigenvalue weighted by Gasteiger charge is 2.07. The molecule has 0 aliphatic rings. The topological polar surface area (TPSA) is 32.3 Å². The van der Waals surface area contributed by atoms with Crippen LogP contribution in [0.25, 0.3) is 0 Å². The van der Waals surface area contributed by atoms with Gasteiger partial charge in [0.05, 0.1) is 6.10 Å². The lowest BCUT2D eigenvalue weighted by Gasteiger charge is -2.20. The number of hydrogen-bond acceptors (Lipinski definition) is 2. The molecule has 0 saturated heterocycles. The molecule has 0 amide bonds. The summed E-state index contributed by atoms with van der Waals surface area (Å²) < 4.78 is 0. The average molecular weight is 145 g/mol. The first-order valence-electron chi connectivity index (χ1n) is 3.85. The normalized spacial score (nSPS) is 15.3. The molecule has 0 bridgehead atoms. The van der Waals surface area contributed by atoms with Crippen molar-refractivity contribution in [1.82, 2.24) is 5.32 Å². The fourth-order valence-electron chi connectivity index (χ4n) is 0.656. The second-order valence-corrected chi connectivity index (χ2v) is 3.81. The summed E-state index contributed by atoms with van der Waals surface area (Å²) in [5.74, 6) is 0. The predicted octanol–water partition coefficient (Wildman–Crippen LogP) is 1.15. The van der Waals surface area contributed by atoms with Gasteiger partial charge >= 0.3 is 0 Å². The van der Waals surface area contributed by atoms with Gasteiger partial charge in [-0.15, -0.1) is 0 Å². The molecule has 2 N–H and O–H groups in total. The highest BCUT2D eigenvalue weighted by atomic mass is 16.3. The number of aliphatic hydroxyl groups excluding tert-OH is 1. The molecule has 2 nitrogen and oxygen atoms in total. The van der Waals surface area contributed by atoms with Crippen LogP contribution >= 0.6 is 0 Å². The van der Waals surface area contributed by atoms with Crippen molar-refractivity contribution in [2.24, 2.45) is 0 Å². The summed E-state index contributed by atoms with van der Waals surface area (Å²) in [7, 11) is 0. The fraction of sp³-hybridized carbons (Fsp3) is 1.00. The number of hydrogen-bond donors (Lipinski definition) is 2. The maximum absolute atomic E-state index is 8.91. The first-order chi connectivity index (χ1) is 4.42. The van der Waals surface area contributed by atoms with Crippen molar-refractivity contribution in [3.63, 3.8) is 0 Å². The van der Waals surface area contributed by atoms with Gasteiger partial charge in [0.15, 0.2) is 0 Å². The molecule has 0 aliphatic carbocycles. The number of nitrogens with one attached hydrogen (secondary N) is 1. The Morgan fingerprint density at radius 2 is 1.90 bits per heavy atom. The van der Waals surface area contributed by atoms with Gasteiger partial charge in [0, 0.05) is 5.54 Å². The van der Waals surface area contributed by atoms with Gasteiger partial charge in [-0.2, -0.15) is 0 Å². The van der Waals surface area contributed by atoms with E-state index < -0.39 is 0 Å². The monoisotopic (exact) mass is 145 g/mol. The first kappa shape index (κ1) is 9.92. The molecule has 0 radical (unpaired) electrons. The number of rotatable bonds is 3. The lowest BCUT2D eigenvalue weighted by molar-refractivity contribution is 0.180. The molecule has 0 unspecified atom stereocenters. The van der Waals surface area contributed by atoms with Crippen molar-refractivity contribution in [2.75, 3.05) is 6.54 Å². The molecule has 0 heterocycles. The first-order valence-corrected chi connectivity index (χ1v) is 3.85. The van der Waals surface area contributed by atoms with E-state index in [9.17, 15) is 0 Å². The zero-order valence-corrected chi connectivity index (χ0v) is 7.44. The van der Waals surface area contributed by atoms with Gasteiger partial charge in [0.25, 0.3) is 0 Å². The van der Waals surface area contributed by atoms with E-state index in [0.717, 1.165) is 13.0 Å². The van der Waals surface area contributed by atoms with Gasteiger partial charge in [0.1, 0.15) is 0 Å². The lowest BCUT2D eigenvalue weighted by atomic mass is 10.1. The molecule has 0 rings (SSSR count). The second-order valence-electron chi connectivity index (χ2n) is 3.81. The van der Waals surface area contributed by atoms with Crippen LogP contribution in [0.5, 0.6) is 0 Å². The van der Waals surface area contributed by atoms with E-state index in [1.54, 1.807) is 0 Å². The Labute approximate surface area is 63.6 Å². The van der Waals surface area contributed by atoms with E-state index in [4.69, 9.17) is 5.11 Å². The van der Waals surface area contributed by atoms with E-state index >= 15 is 0 Å². The van der Waals surface area contributed by atoms with Crippen LogP contribution in [0.15, 0.2) is 0 Å². The summed E-state index contributed by atoms with van der Waals surface area (Å²) in [5, 5.41) is 12.2. The van der Waals surface area contributed by atoms with Crippen molar-refractivity contribution in [1.29, 1.82) is 0 Å². The van der Waals surface area contributed by atoms with Crippen LogP contribution < -0.4 is 5.32 Å². The average Bonchev–Trinajstić information content (AvgIpc) is 1.59. The SMILES string of the molecule is C[C@H](O)CCNC(C)(C)C. The minimum Gasteiger partial charge on any atom is -0.393 e. The van der Waals surface area contributed by atoms with Crippen LogP contribution in [0.4, 0.5) is 0 Å². The van der Waals surface area contributed by atoms with Crippen molar-refractivity contribution in [2.45, 2.75) is 45.8 Å². The van der Waals surface area contributed by atoms with Crippen LogP contribution in [-0.4, -0.2) is 23.3 Å². The maximum Gasteiger partial charge on any atom is 0.0524 e.